The molecule has 124 valence electrons. The number of rotatable bonds is 4. The number of nitrogens with two attached hydrogens (primary N) is 1. The smallest absolute Gasteiger partial charge is 0.237 e. The van der Waals surface area contributed by atoms with Gasteiger partial charge in [-0.25, -0.2) is 0 Å². The Morgan fingerprint density at radius 3 is 2.32 bits per heavy atom. The van der Waals surface area contributed by atoms with Crippen LogP contribution in [0, 0.1) is 12.3 Å². The molecule has 0 aliphatic heterocycles. The number of aryl methyl sites for hydroxylation is 1. The SMILES string of the molecule is Cc1ccc(CNC(=O)[C@@H](N)C(C)(C)C)c(OC(C)(C)C)c1. The van der Waals surface area contributed by atoms with Crippen LogP contribution < -0.4 is 15.8 Å². The standard InChI is InChI=1S/C18H30N2O2/c1-12-8-9-13(14(10-12)22-18(5,6)7)11-20-16(21)15(19)17(2,3)4/h8-10,15H,11,19H2,1-7H3,(H,20,21)/t15-/m1/s1. The fourth-order valence-corrected chi connectivity index (χ4v) is 1.92. The molecule has 0 saturated carbocycles. The summed E-state index contributed by atoms with van der Waals surface area (Å²) < 4.78 is 5.99. The van der Waals surface area contributed by atoms with Gasteiger partial charge in [-0.3, -0.25) is 4.79 Å². The van der Waals surface area contributed by atoms with E-state index in [1.807, 2.05) is 66.7 Å². The summed E-state index contributed by atoms with van der Waals surface area (Å²) in [6.45, 7) is 14.3. The van der Waals surface area contributed by atoms with E-state index in [1.165, 1.54) is 0 Å². The van der Waals surface area contributed by atoms with Crippen LogP contribution in [0.1, 0.15) is 52.7 Å². The van der Waals surface area contributed by atoms with E-state index in [9.17, 15) is 4.79 Å². The van der Waals surface area contributed by atoms with Crippen LogP contribution in [0.25, 0.3) is 0 Å². The van der Waals surface area contributed by atoms with Gasteiger partial charge in [0.15, 0.2) is 0 Å². The van der Waals surface area contributed by atoms with Gasteiger partial charge in [0, 0.05) is 12.1 Å². The van der Waals surface area contributed by atoms with Crippen molar-refractivity contribution >= 4 is 5.91 Å². The Balaban J connectivity index is 2.84. The van der Waals surface area contributed by atoms with Gasteiger partial charge in [0.1, 0.15) is 11.4 Å². The summed E-state index contributed by atoms with van der Waals surface area (Å²) in [6, 6.07) is 5.46. The zero-order valence-corrected chi connectivity index (χ0v) is 14.9. The van der Waals surface area contributed by atoms with E-state index in [1.54, 1.807) is 0 Å². The zero-order valence-electron chi connectivity index (χ0n) is 14.9. The fraction of sp³-hybridized carbons (Fsp3) is 0.611. The van der Waals surface area contributed by atoms with Gasteiger partial charge < -0.3 is 15.8 Å². The average Bonchev–Trinajstić information content (AvgIpc) is 2.33. The number of ether oxygens (including phenoxy) is 1. The minimum Gasteiger partial charge on any atom is -0.488 e. The maximum atomic E-state index is 12.1. The van der Waals surface area contributed by atoms with Crippen molar-refractivity contribution in [2.75, 3.05) is 0 Å². The van der Waals surface area contributed by atoms with Gasteiger partial charge in [-0.05, 0) is 44.7 Å². The van der Waals surface area contributed by atoms with Crippen molar-refractivity contribution in [3.05, 3.63) is 29.3 Å². The van der Waals surface area contributed by atoms with Gasteiger partial charge in [-0.1, -0.05) is 32.9 Å². The molecule has 0 radical (unpaired) electrons. The maximum absolute atomic E-state index is 12.1. The van der Waals surface area contributed by atoms with E-state index in [2.05, 4.69) is 5.32 Å². The lowest BCUT2D eigenvalue weighted by molar-refractivity contribution is -0.124. The van der Waals surface area contributed by atoms with Crippen LogP contribution in [0.4, 0.5) is 0 Å². The first-order valence-electron chi connectivity index (χ1n) is 7.72. The molecule has 0 fully saturated rings. The molecule has 4 nitrogen and oxygen atoms in total. The van der Waals surface area contributed by atoms with Gasteiger partial charge in [0.05, 0.1) is 6.04 Å². The third-order valence-corrected chi connectivity index (χ3v) is 3.31. The summed E-state index contributed by atoms with van der Waals surface area (Å²) in [7, 11) is 0. The Morgan fingerprint density at radius 2 is 1.82 bits per heavy atom. The lowest BCUT2D eigenvalue weighted by Crippen LogP contribution is -2.48. The van der Waals surface area contributed by atoms with E-state index >= 15 is 0 Å². The zero-order chi connectivity index (χ0) is 17.1. The largest absolute Gasteiger partial charge is 0.488 e. The maximum Gasteiger partial charge on any atom is 0.237 e. The average molecular weight is 306 g/mol. The highest BCUT2D eigenvalue weighted by molar-refractivity contribution is 5.82. The van der Waals surface area contributed by atoms with E-state index < -0.39 is 6.04 Å². The number of carbonyl (C=O) groups excluding carboxylic acids is 1. The van der Waals surface area contributed by atoms with Gasteiger partial charge in [0.25, 0.3) is 0 Å². The fourth-order valence-electron chi connectivity index (χ4n) is 1.92. The quantitative estimate of drug-likeness (QED) is 0.898. The van der Waals surface area contributed by atoms with Crippen molar-refractivity contribution in [2.24, 2.45) is 11.1 Å². The van der Waals surface area contributed by atoms with Gasteiger partial charge in [-0.2, -0.15) is 0 Å². The number of benzene rings is 1. The Hall–Kier alpha value is -1.55. The molecule has 0 spiro atoms. The molecule has 1 atom stereocenters. The molecule has 0 aromatic heterocycles. The lowest BCUT2D eigenvalue weighted by Gasteiger charge is -2.27. The monoisotopic (exact) mass is 306 g/mol. The first-order valence-corrected chi connectivity index (χ1v) is 7.72. The lowest BCUT2D eigenvalue weighted by atomic mass is 9.87. The molecule has 1 aromatic carbocycles. The highest BCUT2D eigenvalue weighted by Gasteiger charge is 2.27. The van der Waals surface area contributed by atoms with E-state index in [0.717, 1.165) is 16.9 Å². The second-order valence-corrected chi connectivity index (χ2v) is 7.89. The number of nitrogens with one attached hydrogen (secondary N) is 1. The molecule has 0 unspecified atom stereocenters. The Labute approximate surface area is 134 Å². The van der Waals surface area contributed by atoms with Crippen molar-refractivity contribution in [3.8, 4) is 5.75 Å². The van der Waals surface area contributed by atoms with Crippen molar-refractivity contribution in [3.63, 3.8) is 0 Å². The summed E-state index contributed by atoms with van der Waals surface area (Å²) in [5, 5.41) is 2.91. The van der Waals surface area contributed by atoms with Crippen LogP contribution in [0.15, 0.2) is 18.2 Å². The molecule has 0 bridgehead atoms. The summed E-state index contributed by atoms with van der Waals surface area (Å²) in [5.41, 5.74) is 7.51. The minimum atomic E-state index is -0.537. The molecular formula is C18H30N2O2. The van der Waals surface area contributed by atoms with Crippen molar-refractivity contribution in [1.82, 2.24) is 5.32 Å². The van der Waals surface area contributed by atoms with Crippen molar-refractivity contribution < 1.29 is 9.53 Å². The summed E-state index contributed by atoms with van der Waals surface area (Å²) in [6.07, 6.45) is 0. The van der Waals surface area contributed by atoms with Gasteiger partial charge in [-0.15, -0.1) is 0 Å². The van der Waals surface area contributed by atoms with Crippen LogP contribution in [0.5, 0.6) is 5.75 Å². The Bertz CT molecular complexity index is 525. The van der Waals surface area contributed by atoms with Crippen LogP contribution in [0.2, 0.25) is 0 Å². The van der Waals surface area contributed by atoms with Crippen LogP contribution in [0.3, 0.4) is 0 Å². The second kappa shape index (κ2) is 6.69. The predicted octanol–water partition coefficient (Wildman–Crippen LogP) is 3.16. The second-order valence-electron chi connectivity index (χ2n) is 7.89. The van der Waals surface area contributed by atoms with Crippen molar-refractivity contribution in [2.45, 2.75) is 66.7 Å². The molecule has 0 aliphatic rings. The molecule has 3 N–H and O–H groups in total. The molecule has 0 heterocycles. The van der Waals surface area contributed by atoms with Crippen LogP contribution >= 0.6 is 0 Å². The van der Waals surface area contributed by atoms with E-state index in [-0.39, 0.29) is 16.9 Å². The summed E-state index contributed by atoms with van der Waals surface area (Å²) in [4.78, 5) is 12.1. The Kier molecular flexibility index (Phi) is 5.63. The number of hydrogen-bond acceptors (Lipinski definition) is 3. The summed E-state index contributed by atoms with van der Waals surface area (Å²) >= 11 is 0. The Morgan fingerprint density at radius 1 is 1.23 bits per heavy atom. The van der Waals surface area contributed by atoms with E-state index in [0.29, 0.717) is 6.54 Å². The topological polar surface area (TPSA) is 64.4 Å². The molecule has 4 heteroatoms. The third kappa shape index (κ3) is 5.68. The summed E-state index contributed by atoms with van der Waals surface area (Å²) in [5.74, 6) is 0.659. The third-order valence-electron chi connectivity index (χ3n) is 3.31. The number of amides is 1. The molecule has 0 saturated heterocycles. The number of carbonyl (C=O) groups is 1. The molecular weight excluding hydrogens is 276 g/mol. The first-order chi connectivity index (χ1) is 9.90. The highest BCUT2D eigenvalue weighted by atomic mass is 16.5. The molecule has 1 amide bonds. The molecule has 22 heavy (non-hydrogen) atoms. The van der Waals surface area contributed by atoms with Crippen molar-refractivity contribution in [1.29, 1.82) is 0 Å². The van der Waals surface area contributed by atoms with E-state index in [4.69, 9.17) is 10.5 Å². The van der Waals surface area contributed by atoms with Crippen LogP contribution in [-0.4, -0.2) is 17.6 Å². The molecule has 1 aromatic rings. The number of hydrogen-bond donors (Lipinski definition) is 2. The predicted molar refractivity (Wildman–Crippen MR) is 90.8 cm³/mol. The van der Waals surface area contributed by atoms with Crippen LogP contribution in [-0.2, 0) is 11.3 Å². The normalized spacial score (nSPS) is 13.6. The minimum absolute atomic E-state index is 0.144. The van der Waals surface area contributed by atoms with Gasteiger partial charge in [0.2, 0.25) is 5.91 Å². The highest BCUT2D eigenvalue weighted by Crippen LogP contribution is 2.25. The molecule has 0 aliphatic carbocycles. The first kappa shape index (κ1) is 18.5. The van der Waals surface area contributed by atoms with Gasteiger partial charge >= 0.3 is 0 Å². The molecule has 1 rings (SSSR count).